The molecule has 0 spiro atoms. The monoisotopic (exact) mass is 429 g/mol. The maximum atomic E-state index is 11.8. The van der Waals surface area contributed by atoms with Gasteiger partial charge in [-0.2, -0.15) is 0 Å². The fourth-order valence-electron chi connectivity index (χ4n) is 4.72. The van der Waals surface area contributed by atoms with Gasteiger partial charge in [0.25, 0.3) is 0 Å². The quantitative estimate of drug-likeness (QED) is 0.343. The van der Waals surface area contributed by atoms with E-state index in [9.17, 15) is 10.0 Å². The molecule has 1 aromatic heterocycles. The molecule has 0 amide bonds. The highest BCUT2D eigenvalue weighted by Gasteiger charge is 2.22. The summed E-state index contributed by atoms with van der Waals surface area (Å²) in [6.07, 6.45) is 4.61. The maximum absolute atomic E-state index is 11.8. The van der Waals surface area contributed by atoms with Crippen LogP contribution in [0.1, 0.15) is 58.9 Å². The molecular formula is C27H31N3O2. The van der Waals surface area contributed by atoms with Crippen LogP contribution in [-0.2, 0) is 7.05 Å². The fourth-order valence-corrected chi connectivity index (χ4v) is 4.72. The van der Waals surface area contributed by atoms with Crippen molar-refractivity contribution in [3.63, 3.8) is 0 Å². The van der Waals surface area contributed by atoms with E-state index >= 15 is 0 Å². The fraction of sp³-hybridized carbons (Fsp3) is 0.333. The predicted molar refractivity (Wildman–Crippen MR) is 129 cm³/mol. The van der Waals surface area contributed by atoms with E-state index < -0.39 is 0 Å². The molecule has 2 aromatic carbocycles. The number of piperidine rings is 1. The van der Waals surface area contributed by atoms with Crippen molar-refractivity contribution in [3.05, 3.63) is 105 Å². The Morgan fingerprint density at radius 3 is 2.47 bits per heavy atom. The molecule has 2 heterocycles. The molecule has 5 heteroatoms. The number of rotatable bonds is 6. The highest BCUT2D eigenvalue weighted by atomic mass is 16.4. The summed E-state index contributed by atoms with van der Waals surface area (Å²) in [5, 5.41) is 16.9. The second-order valence-corrected chi connectivity index (χ2v) is 8.72. The summed E-state index contributed by atoms with van der Waals surface area (Å²) in [6, 6.07) is 20.6. The Morgan fingerprint density at radius 2 is 1.81 bits per heavy atom. The van der Waals surface area contributed by atoms with E-state index in [1.165, 1.54) is 45.7 Å². The molecule has 2 N–H and O–H groups in total. The molecule has 1 atom stereocenters. The Labute approximate surface area is 189 Å². The molecule has 0 saturated carbocycles. The Hall–Kier alpha value is -3.18. The summed E-state index contributed by atoms with van der Waals surface area (Å²) in [5.74, 6) is 0.656. The molecule has 5 nitrogen and oxygen atoms in total. The van der Waals surface area contributed by atoms with Crippen LogP contribution in [0.2, 0.25) is 0 Å². The smallest absolute Gasteiger partial charge is 0.250 e. The highest BCUT2D eigenvalue weighted by Crippen LogP contribution is 2.33. The van der Waals surface area contributed by atoms with Gasteiger partial charge in [-0.15, -0.1) is 0 Å². The SMILES string of the molecule is Cc1ccccc1C(CC(=NO)c1ccc(=O)n(C)c1)c1ccc(C2CCNCC2)cc1. The van der Waals surface area contributed by atoms with Gasteiger partial charge < -0.3 is 15.1 Å². The second-order valence-electron chi connectivity index (χ2n) is 8.72. The van der Waals surface area contributed by atoms with Crippen LogP contribution in [0.4, 0.5) is 0 Å². The van der Waals surface area contributed by atoms with Gasteiger partial charge in [0.15, 0.2) is 0 Å². The summed E-state index contributed by atoms with van der Waals surface area (Å²) in [6.45, 7) is 4.27. The Bertz CT molecular complexity index is 1140. The van der Waals surface area contributed by atoms with Crippen LogP contribution >= 0.6 is 0 Å². The van der Waals surface area contributed by atoms with Gasteiger partial charge in [-0.05, 0) is 67.1 Å². The third-order valence-electron chi connectivity index (χ3n) is 6.65. The molecule has 1 aliphatic heterocycles. The van der Waals surface area contributed by atoms with E-state index in [2.05, 4.69) is 59.9 Å². The number of nitrogens with zero attached hydrogens (tertiary/aromatic N) is 2. The maximum Gasteiger partial charge on any atom is 0.250 e. The van der Waals surface area contributed by atoms with E-state index in [0.717, 1.165) is 18.7 Å². The zero-order valence-corrected chi connectivity index (χ0v) is 18.8. The first-order valence-corrected chi connectivity index (χ1v) is 11.3. The van der Waals surface area contributed by atoms with Gasteiger partial charge in [0.2, 0.25) is 5.56 Å². The van der Waals surface area contributed by atoms with Crippen molar-refractivity contribution in [1.29, 1.82) is 0 Å². The van der Waals surface area contributed by atoms with Crippen LogP contribution in [0.15, 0.2) is 76.8 Å². The lowest BCUT2D eigenvalue weighted by Crippen LogP contribution is -2.26. The summed E-state index contributed by atoms with van der Waals surface area (Å²) in [7, 11) is 1.71. The number of benzene rings is 2. The van der Waals surface area contributed by atoms with E-state index in [1.807, 2.05) is 6.07 Å². The molecule has 0 bridgehead atoms. The summed E-state index contributed by atoms with van der Waals surface area (Å²) in [5.41, 5.74) is 6.24. The number of hydrogen-bond acceptors (Lipinski definition) is 4. The van der Waals surface area contributed by atoms with Crippen molar-refractivity contribution in [2.24, 2.45) is 12.2 Å². The lowest BCUT2D eigenvalue weighted by Gasteiger charge is -2.25. The summed E-state index contributed by atoms with van der Waals surface area (Å²) < 4.78 is 1.51. The average Bonchev–Trinajstić information content (AvgIpc) is 2.83. The standard InChI is InChI=1S/C27H31N3O2/c1-19-5-3-4-6-24(19)25(17-26(29-32)23-11-12-27(31)30(2)18-23)22-9-7-20(8-10-22)21-13-15-28-16-14-21/h3-12,18,21,25,28,32H,13-17H2,1-2H3. The number of nitrogens with one attached hydrogen (secondary N) is 1. The molecule has 1 fully saturated rings. The van der Waals surface area contributed by atoms with Gasteiger partial charge in [0.1, 0.15) is 0 Å². The van der Waals surface area contributed by atoms with E-state index in [-0.39, 0.29) is 11.5 Å². The molecule has 0 aliphatic carbocycles. The van der Waals surface area contributed by atoms with Gasteiger partial charge in [-0.1, -0.05) is 53.7 Å². The lowest BCUT2D eigenvalue weighted by atomic mass is 9.82. The summed E-state index contributed by atoms with van der Waals surface area (Å²) in [4.78, 5) is 11.8. The molecule has 1 unspecified atom stereocenters. The first-order chi connectivity index (χ1) is 15.6. The van der Waals surface area contributed by atoms with Crippen molar-refractivity contribution in [2.45, 2.75) is 38.0 Å². The minimum atomic E-state index is -0.0880. The van der Waals surface area contributed by atoms with Gasteiger partial charge in [0, 0.05) is 37.2 Å². The predicted octanol–water partition coefficient (Wildman–Crippen LogP) is 4.56. The molecule has 4 rings (SSSR count). The summed E-state index contributed by atoms with van der Waals surface area (Å²) >= 11 is 0. The number of pyridine rings is 1. The molecule has 1 aliphatic rings. The first kappa shape index (κ1) is 22.0. The van der Waals surface area contributed by atoms with Crippen LogP contribution in [0.3, 0.4) is 0 Å². The molecule has 0 radical (unpaired) electrons. The lowest BCUT2D eigenvalue weighted by molar-refractivity contribution is 0.317. The zero-order valence-electron chi connectivity index (χ0n) is 18.8. The van der Waals surface area contributed by atoms with Crippen LogP contribution in [0, 0.1) is 6.92 Å². The number of hydrogen-bond donors (Lipinski definition) is 2. The average molecular weight is 430 g/mol. The Kier molecular flexibility index (Phi) is 6.86. The van der Waals surface area contributed by atoms with Crippen LogP contribution in [0.5, 0.6) is 0 Å². The van der Waals surface area contributed by atoms with Gasteiger partial charge in [0.05, 0.1) is 5.71 Å². The third kappa shape index (κ3) is 4.83. The second kappa shape index (κ2) is 9.96. The van der Waals surface area contributed by atoms with Gasteiger partial charge in [-0.3, -0.25) is 4.79 Å². The number of oxime groups is 1. The van der Waals surface area contributed by atoms with Crippen molar-refractivity contribution in [2.75, 3.05) is 13.1 Å². The van der Waals surface area contributed by atoms with Crippen LogP contribution < -0.4 is 10.9 Å². The minimum absolute atomic E-state index is 0.0430. The Morgan fingerprint density at radius 1 is 1.09 bits per heavy atom. The molecule has 32 heavy (non-hydrogen) atoms. The van der Waals surface area contributed by atoms with Gasteiger partial charge >= 0.3 is 0 Å². The van der Waals surface area contributed by atoms with Crippen molar-refractivity contribution < 1.29 is 5.21 Å². The topological polar surface area (TPSA) is 66.6 Å². The third-order valence-corrected chi connectivity index (χ3v) is 6.65. The zero-order chi connectivity index (χ0) is 22.5. The highest BCUT2D eigenvalue weighted by molar-refractivity contribution is 6.00. The van der Waals surface area contributed by atoms with Crippen molar-refractivity contribution >= 4 is 5.71 Å². The van der Waals surface area contributed by atoms with Crippen LogP contribution in [0.25, 0.3) is 0 Å². The van der Waals surface area contributed by atoms with E-state index in [4.69, 9.17) is 0 Å². The molecular weight excluding hydrogens is 398 g/mol. The molecule has 1 saturated heterocycles. The van der Waals surface area contributed by atoms with E-state index in [1.54, 1.807) is 19.3 Å². The van der Waals surface area contributed by atoms with E-state index in [0.29, 0.717) is 18.1 Å². The normalized spacial score (nSPS) is 16.1. The number of aromatic nitrogens is 1. The van der Waals surface area contributed by atoms with Crippen molar-refractivity contribution in [3.8, 4) is 0 Å². The van der Waals surface area contributed by atoms with Crippen molar-refractivity contribution in [1.82, 2.24) is 9.88 Å². The minimum Gasteiger partial charge on any atom is -0.411 e. The van der Waals surface area contributed by atoms with Gasteiger partial charge in [-0.25, -0.2) is 0 Å². The first-order valence-electron chi connectivity index (χ1n) is 11.3. The molecule has 166 valence electrons. The number of aryl methyl sites for hydroxylation is 2. The Balaban J connectivity index is 1.68. The molecule has 3 aromatic rings. The largest absolute Gasteiger partial charge is 0.411 e. The van der Waals surface area contributed by atoms with Crippen LogP contribution in [-0.4, -0.2) is 28.6 Å².